The number of carbonyl (C=O) groups excluding carboxylic acids is 2. The van der Waals surface area contributed by atoms with E-state index in [4.69, 9.17) is 33.7 Å². The topological polar surface area (TPSA) is 96.7 Å². The number of likely N-dealkylation sites (N-methyl/N-ethyl adjacent to an activating group) is 1. The maximum atomic E-state index is 12.6. The van der Waals surface area contributed by atoms with Gasteiger partial charge in [-0.3, -0.25) is 14.6 Å². The summed E-state index contributed by atoms with van der Waals surface area (Å²) in [4.78, 5) is 25.8. The van der Waals surface area contributed by atoms with E-state index in [0.29, 0.717) is 35.1 Å². The van der Waals surface area contributed by atoms with Crippen molar-refractivity contribution in [2.75, 3.05) is 26.8 Å². The summed E-state index contributed by atoms with van der Waals surface area (Å²) in [7, 11) is 1.98. The van der Waals surface area contributed by atoms with Gasteiger partial charge in [0, 0.05) is 28.7 Å². The zero-order valence-corrected chi connectivity index (χ0v) is 25.9. The summed E-state index contributed by atoms with van der Waals surface area (Å²) in [6.45, 7) is 3.15. The number of benzene rings is 3. The molecule has 1 aliphatic carbocycles. The first-order valence-electron chi connectivity index (χ1n) is 14.4. The molecule has 3 aromatic carbocycles. The molecule has 1 aliphatic rings. The molecule has 3 amide bonds. The summed E-state index contributed by atoms with van der Waals surface area (Å²) in [5.41, 5.74) is 15.9. The molecule has 0 aliphatic heterocycles. The van der Waals surface area contributed by atoms with Crippen LogP contribution in [0.1, 0.15) is 65.2 Å². The van der Waals surface area contributed by atoms with Crippen molar-refractivity contribution in [1.82, 2.24) is 15.8 Å². The number of allylic oxidation sites excluding steroid dienone is 1. The van der Waals surface area contributed by atoms with Crippen molar-refractivity contribution in [2.24, 2.45) is 5.73 Å². The maximum absolute atomic E-state index is 12.6. The molecule has 0 saturated heterocycles. The number of urea groups is 1. The molecular weight excluding hydrogens is 590 g/mol. The first-order chi connectivity index (χ1) is 20.7. The van der Waals surface area contributed by atoms with E-state index in [1.54, 1.807) is 12.1 Å². The van der Waals surface area contributed by atoms with Gasteiger partial charge in [0.05, 0.1) is 6.67 Å². The maximum Gasteiger partial charge on any atom is 0.330 e. The average Bonchev–Trinajstić information content (AvgIpc) is 3.18. The lowest BCUT2D eigenvalue weighted by atomic mass is 9.87. The van der Waals surface area contributed by atoms with Gasteiger partial charge in [-0.25, -0.2) is 10.2 Å². The molecule has 0 radical (unpaired) electrons. The van der Waals surface area contributed by atoms with Gasteiger partial charge in [-0.2, -0.15) is 0 Å². The van der Waals surface area contributed by atoms with Gasteiger partial charge >= 0.3 is 6.03 Å². The van der Waals surface area contributed by atoms with Crippen molar-refractivity contribution in [2.45, 2.75) is 45.1 Å². The van der Waals surface area contributed by atoms with E-state index in [9.17, 15) is 14.0 Å². The Balaban J connectivity index is 1.72. The van der Waals surface area contributed by atoms with Crippen LogP contribution in [-0.4, -0.2) is 49.8 Å². The number of fused-ring (bicyclic) bond motifs is 1. The largest absolute Gasteiger partial charge is 0.489 e. The van der Waals surface area contributed by atoms with Crippen LogP contribution >= 0.6 is 23.2 Å². The number of alkyl halides is 1. The Morgan fingerprint density at radius 3 is 2.44 bits per heavy atom. The molecule has 0 fully saturated rings. The Hall–Kier alpha value is -3.59. The number of hydrogen-bond donors (Lipinski definition) is 3. The number of hydrogen-bond acceptors (Lipinski definition) is 4. The van der Waals surface area contributed by atoms with E-state index in [-0.39, 0.29) is 12.8 Å². The average molecular weight is 628 g/mol. The van der Waals surface area contributed by atoms with Crippen molar-refractivity contribution in [3.63, 3.8) is 0 Å². The molecule has 7 nitrogen and oxygen atoms in total. The van der Waals surface area contributed by atoms with Gasteiger partial charge in [0.25, 0.3) is 5.91 Å². The lowest BCUT2D eigenvalue weighted by Crippen LogP contribution is -2.44. The number of nitrogens with two attached hydrogens (primary N) is 1. The van der Waals surface area contributed by atoms with Crippen molar-refractivity contribution in [3.8, 4) is 5.75 Å². The number of nitrogens with zero attached hydrogens (tertiary/aromatic N) is 1. The van der Waals surface area contributed by atoms with E-state index in [0.717, 1.165) is 64.8 Å². The second-order valence-electron chi connectivity index (χ2n) is 10.6. The Bertz CT molecular complexity index is 1480. The predicted octanol–water partition coefficient (Wildman–Crippen LogP) is 7.05. The molecule has 4 N–H and O–H groups in total. The zero-order valence-electron chi connectivity index (χ0n) is 24.4. The van der Waals surface area contributed by atoms with Gasteiger partial charge in [-0.15, -0.1) is 0 Å². The molecule has 0 aromatic heterocycles. The molecule has 0 saturated carbocycles. The molecule has 0 spiro atoms. The van der Waals surface area contributed by atoms with Crippen LogP contribution in [0.15, 0.2) is 60.7 Å². The van der Waals surface area contributed by atoms with Gasteiger partial charge in [0.15, 0.2) is 0 Å². The Labute approximate surface area is 262 Å². The summed E-state index contributed by atoms with van der Waals surface area (Å²) in [6, 6.07) is 18.2. The smallest absolute Gasteiger partial charge is 0.330 e. The van der Waals surface area contributed by atoms with Crippen LogP contribution in [0.4, 0.5) is 9.18 Å². The highest BCUT2D eigenvalue weighted by Gasteiger charge is 2.23. The summed E-state index contributed by atoms with van der Waals surface area (Å²) in [6.07, 6.45) is 3.65. The molecule has 0 unspecified atom stereocenters. The number of amides is 3. The number of aryl methyl sites for hydroxylation is 1. The van der Waals surface area contributed by atoms with E-state index >= 15 is 0 Å². The van der Waals surface area contributed by atoms with Crippen LogP contribution in [0.25, 0.3) is 11.1 Å². The third-order valence-electron chi connectivity index (χ3n) is 7.46. The fourth-order valence-corrected chi connectivity index (χ4v) is 5.89. The van der Waals surface area contributed by atoms with Crippen LogP contribution in [0.5, 0.6) is 5.75 Å². The lowest BCUT2D eigenvalue weighted by molar-refractivity contribution is 0.0937. The third kappa shape index (κ3) is 8.50. The number of carbonyl (C=O) groups is 2. The number of primary amides is 1. The number of nitrogens with one attached hydrogen (secondary N) is 2. The highest BCUT2D eigenvalue weighted by Crippen LogP contribution is 2.42. The second-order valence-corrected chi connectivity index (χ2v) is 11.5. The Morgan fingerprint density at radius 2 is 1.77 bits per heavy atom. The van der Waals surface area contributed by atoms with E-state index in [1.165, 1.54) is 0 Å². The second kappa shape index (κ2) is 15.2. The van der Waals surface area contributed by atoms with Gasteiger partial charge in [-0.05, 0) is 109 Å². The number of ether oxygens (including phenoxy) is 1. The molecule has 4 rings (SSSR count). The molecular formula is C33H37Cl2FN4O3. The van der Waals surface area contributed by atoms with Gasteiger partial charge in [0.1, 0.15) is 11.9 Å². The van der Waals surface area contributed by atoms with E-state index in [2.05, 4.69) is 22.7 Å². The normalized spacial score (nSPS) is 13.7. The molecule has 10 heteroatoms. The number of hydrazine groups is 1. The van der Waals surface area contributed by atoms with Crippen molar-refractivity contribution in [3.05, 3.63) is 98.5 Å². The van der Waals surface area contributed by atoms with Gasteiger partial charge in [-0.1, -0.05) is 54.4 Å². The van der Waals surface area contributed by atoms with Crippen LogP contribution in [0.2, 0.25) is 10.0 Å². The van der Waals surface area contributed by atoms with Crippen LogP contribution < -0.4 is 21.3 Å². The highest BCUT2D eigenvalue weighted by molar-refractivity contribution is 6.36. The van der Waals surface area contributed by atoms with Crippen LogP contribution in [-0.2, 0) is 6.42 Å². The number of halogens is 3. The van der Waals surface area contributed by atoms with Crippen LogP contribution in [0, 0.1) is 0 Å². The van der Waals surface area contributed by atoms with Gasteiger partial charge < -0.3 is 15.4 Å². The first kappa shape index (κ1) is 32.3. The quantitative estimate of drug-likeness (QED) is 0.199. The molecule has 0 heterocycles. The Kier molecular flexibility index (Phi) is 11.4. The fraction of sp³-hybridized carbons (Fsp3) is 0.333. The molecule has 228 valence electrons. The number of rotatable bonds is 11. The Morgan fingerprint density at radius 1 is 1.02 bits per heavy atom. The van der Waals surface area contributed by atoms with Crippen molar-refractivity contribution < 1.29 is 18.7 Å². The molecule has 0 bridgehead atoms. The van der Waals surface area contributed by atoms with Crippen LogP contribution in [0.3, 0.4) is 0 Å². The minimum Gasteiger partial charge on any atom is -0.489 e. The summed E-state index contributed by atoms with van der Waals surface area (Å²) in [5, 5.41) is 1.13. The third-order valence-corrected chi connectivity index (χ3v) is 8.00. The molecule has 43 heavy (non-hydrogen) atoms. The monoisotopic (exact) mass is 626 g/mol. The SMILES string of the molecule is CC[C@@H](CN(C)CCCF)Oc1ccc(C2=C(c3ccc(Cl)cc3Cl)CCCc3cc(C(=O)NNC(N)=O)ccc32)cc1. The van der Waals surface area contributed by atoms with Gasteiger partial charge in [0.2, 0.25) is 0 Å². The predicted molar refractivity (Wildman–Crippen MR) is 171 cm³/mol. The lowest BCUT2D eigenvalue weighted by Gasteiger charge is -2.24. The summed E-state index contributed by atoms with van der Waals surface area (Å²) >= 11 is 13.0. The van der Waals surface area contributed by atoms with E-state index < -0.39 is 11.9 Å². The van der Waals surface area contributed by atoms with E-state index in [1.807, 2.05) is 55.6 Å². The zero-order chi connectivity index (χ0) is 30.9. The molecule has 1 atom stereocenters. The summed E-state index contributed by atoms with van der Waals surface area (Å²) in [5.74, 6) is 0.295. The standard InChI is InChI=1S/C33H37Cl2FN4O3/c1-3-25(20-40(2)17-5-16-36)43-26-12-8-21(9-13-26)31-27-14-10-23(32(41)38-39-33(37)42)18-22(27)6-4-7-29(31)28-15-11-24(34)19-30(28)35/h8-15,18-19,25H,3-7,16-17,20H2,1-2H3,(H,38,41)(H3,37,39,42)/t25-/m0/s1. The summed E-state index contributed by atoms with van der Waals surface area (Å²) < 4.78 is 18.9. The minimum absolute atomic E-state index is 0.0228. The molecule has 3 aromatic rings. The van der Waals surface area contributed by atoms with Crippen molar-refractivity contribution in [1.29, 1.82) is 0 Å². The fourth-order valence-electron chi connectivity index (χ4n) is 5.36. The van der Waals surface area contributed by atoms with Crippen molar-refractivity contribution >= 4 is 46.3 Å². The minimum atomic E-state index is -0.848. The highest BCUT2D eigenvalue weighted by atomic mass is 35.5. The first-order valence-corrected chi connectivity index (χ1v) is 15.1.